The Labute approximate surface area is 132 Å². The van der Waals surface area contributed by atoms with Crippen LogP contribution in [0.5, 0.6) is 0 Å². The lowest BCUT2D eigenvalue weighted by Gasteiger charge is -2.39. The van der Waals surface area contributed by atoms with Crippen LogP contribution in [-0.4, -0.2) is 44.7 Å². The lowest BCUT2D eigenvalue weighted by molar-refractivity contribution is -0.134. The Balaban J connectivity index is 1.97. The van der Waals surface area contributed by atoms with Gasteiger partial charge in [-0.25, -0.2) is 9.78 Å². The molecular weight excluding hydrogens is 308 g/mol. The van der Waals surface area contributed by atoms with Gasteiger partial charge in [-0.3, -0.25) is 4.79 Å². The van der Waals surface area contributed by atoms with E-state index >= 15 is 0 Å². The van der Waals surface area contributed by atoms with Crippen molar-refractivity contribution in [3.8, 4) is 0 Å². The minimum Gasteiger partial charge on any atom is -0.477 e. The topological polar surface area (TPSA) is 70.5 Å². The van der Waals surface area contributed by atoms with Crippen LogP contribution in [-0.2, 0) is 4.79 Å². The molecule has 5 nitrogen and oxygen atoms in total. The third-order valence-corrected chi connectivity index (χ3v) is 6.04. The van der Waals surface area contributed by atoms with E-state index in [0.717, 1.165) is 24.2 Å². The van der Waals surface area contributed by atoms with Gasteiger partial charge in [0.25, 0.3) is 0 Å². The van der Waals surface area contributed by atoms with Crippen LogP contribution in [0.15, 0.2) is 4.34 Å². The van der Waals surface area contributed by atoms with E-state index in [2.05, 4.69) is 18.8 Å². The number of carboxylic acid groups (broad SMARTS) is 1. The monoisotopic (exact) mass is 328 g/mol. The van der Waals surface area contributed by atoms with E-state index < -0.39 is 5.97 Å². The van der Waals surface area contributed by atoms with Gasteiger partial charge in [0.05, 0.1) is 11.4 Å². The molecule has 1 N–H and O–H groups in total. The summed E-state index contributed by atoms with van der Waals surface area (Å²) in [5.41, 5.74) is 0.516. The number of nitrogens with zero attached hydrogens (tertiary/aromatic N) is 2. The number of rotatable bonds is 4. The molecule has 1 saturated heterocycles. The number of thioether (sulfide) groups is 1. The zero-order valence-corrected chi connectivity index (χ0v) is 14.1. The second-order valence-corrected chi connectivity index (χ2v) is 7.64. The molecule has 0 radical (unpaired) electrons. The molecule has 1 amide bonds. The summed E-state index contributed by atoms with van der Waals surface area (Å²) in [5, 5.41) is 9.02. The minimum absolute atomic E-state index is 0.115. The molecule has 0 saturated carbocycles. The second-order valence-electron chi connectivity index (χ2n) is 5.42. The summed E-state index contributed by atoms with van der Waals surface area (Å²) in [6, 6.07) is 0.573. The van der Waals surface area contributed by atoms with Crippen molar-refractivity contribution in [2.24, 2.45) is 0 Å². The van der Waals surface area contributed by atoms with E-state index in [9.17, 15) is 9.59 Å². The number of thiazole rings is 1. The molecule has 1 aromatic rings. The number of likely N-dealkylation sites (tertiary alicyclic amines) is 1. The van der Waals surface area contributed by atoms with Gasteiger partial charge in [0.2, 0.25) is 5.91 Å². The molecule has 1 fully saturated rings. The first kappa shape index (κ1) is 16.3. The molecule has 0 bridgehead atoms. The fourth-order valence-electron chi connectivity index (χ4n) is 2.74. The van der Waals surface area contributed by atoms with Gasteiger partial charge in [-0.05, 0) is 40.0 Å². The number of hydrogen-bond donors (Lipinski definition) is 1. The summed E-state index contributed by atoms with van der Waals surface area (Å²) in [6.45, 7) is 5.86. The van der Waals surface area contributed by atoms with Crippen LogP contribution in [0, 0.1) is 6.92 Å². The Morgan fingerprint density at radius 2 is 2.00 bits per heavy atom. The molecule has 0 spiro atoms. The predicted octanol–water partition coefficient (Wildman–Crippen LogP) is 3.03. The van der Waals surface area contributed by atoms with E-state index in [1.54, 1.807) is 6.92 Å². The average molecular weight is 328 g/mol. The molecule has 7 heteroatoms. The first-order chi connectivity index (χ1) is 9.90. The number of carbonyl (C=O) groups is 2. The lowest BCUT2D eigenvalue weighted by atomic mass is 9.98. The highest BCUT2D eigenvalue weighted by Crippen LogP contribution is 2.29. The lowest BCUT2D eigenvalue weighted by Crippen LogP contribution is -2.48. The number of aryl methyl sites for hydroxylation is 1. The smallest absolute Gasteiger partial charge is 0.347 e. The predicted molar refractivity (Wildman–Crippen MR) is 84.2 cm³/mol. The molecule has 0 aromatic carbocycles. The van der Waals surface area contributed by atoms with Gasteiger partial charge in [0.1, 0.15) is 4.88 Å². The van der Waals surface area contributed by atoms with Gasteiger partial charge < -0.3 is 10.0 Å². The van der Waals surface area contributed by atoms with E-state index in [-0.39, 0.29) is 22.9 Å². The molecule has 2 heterocycles. The first-order valence-corrected chi connectivity index (χ1v) is 8.85. The van der Waals surface area contributed by atoms with Crippen molar-refractivity contribution in [3.05, 3.63) is 10.6 Å². The molecule has 2 rings (SSSR count). The van der Waals surface area contributed by atoms with Crippen molar-refractivity contribution >= 4 is 35.0 Å². The standard InChI is InChI=1S/C14H20N2O3S2/c1-8-5-4-6-9(2)16(8)11(17)7-20-14-15-10(3)12(21-14)13(18)19/h8-9H,4-7H2,1-3H3,(H,18,19). The van der Waals surface area contributed by atoms with Crippen molar-refractivity contribution < 1.29 is 14.7 Å². The van der Waals surface area contributed by atoms with Gasteiger partial charge in [-0.2, -0.15) is 0 Å². The zero-order valence-electron chi connectivity index (χ0n) is 12.5. The summed E-state index contributed by atoms with van der Waals surface area (Å²) in [7, 11) is 0. The molecule has 21 heavy (non-hydrogen) atoms. The van der Waals surface area contributed by atoms with Crippen molar-refractivity contribution in [2.75, 3.05) is 5.75 Å². The Hall–Kier alpha value is -1.08. The van der Waals surface area contributed by atoms with Crippen molar-refractivity contribution in [3.63, 3.8) is 0 Å². The minimum atomic E-state index is -0.957. The molecule has 0 aliphatic carbocycles. The van der Waals surface area contributed by atoms with Crippen LogP contribution < -0.4 is 0 Å². The Morgan fingerprint density at radius 3 is 2.52 bits per heavy atom. The average Bonchev–Trinajstić information content (AvgIpc) is 2.77. The summed E-state index contributed by atoms with van der Waals surface area (Å²) >= 11 is 2.47. The summed E-state index contributed by atoms with van der Waals surface area (Å²) < 4.78 is 0.649. The fourth-order valence-corrected chi connectivity index (χ4v) is 4.64. The molecule has 116 valence electrons. The molecule has 2 atom stereocenters. The van der Waals surface area contributed by atoms with E-state index in [4.69, 9.17) is 5.11 Å². The number of aromatic nitrogens is 1. The highest BCUT2D eigenvalue weighted by Gasteiger charge is 2.29. The maximum absolute atomic E-state index is 12.4. The van der Waals surface area contributed by atoms with Gasteiger partial charge >= 0.3 is 5.97 Å². The SMILES string of the molecule is Cc1nc(SCC(=O)N2C(C)CCCC2C)sc1C(=O)O. The number of hydrogen-bond acceptors (Lipinski definition) is 5. The third kappa shape index (κ3) is 3.77. The third-order valence-electron chi connectivity index (χ3n) is 3.77. The Morgan fingerprint density at radius 1 is 1.38 bits per heavy atom. The molecule has 1 aromatic heterocycles. The maximum Gasteiger partial charge on any atom is 0.347 e. The second kappa shape index (κ2) is 6.79. The molecule has 1 aliphatic heterocycles. The Kier molecular flexibility index (Phi) is 5.27. The molecule has 1 aliphatic rings. The largest absolute Gasteiger partial charge is 0.477 e. The number of aromatic carboxylic acids is 1. The van der Waals surface area contributed by atoms with Crippen LogP contribution in [0.4, 0.5) is 0 Å². The number of amides is 1. The first-order valence-electron chi connectivity index (χ1n) is 7.04. The van der Waals surface area contributed by atoms with Crippen LogP contribution in [0.2, 0.25) is 0 Å². The highest BCUT2D eigenvalue weighted by atomic mass is 32.2. The highest BCUT2D eigenvalue weighted by molar-refractivity contribution is 8.01. The van der Waals surface area contributed by atoms with Gasteiger partial charge in [0.15, 0.2) is 4.34 Å². The van der Waals surface area contributed by atoms with Crippen LogP contribution in [0.3, 0.4) is 0 Å². The molecular formula is C14H20N2O3S2. The maximum atomic E-state index is 12.4. The summed E-state index contributed by atoms with van der Waals surface area (Å²) in [4.78, 5) is 29.8. The Bertz CT molecular complexity index is 534. The van der Waals surface area contributed by atoms with E-state index in [0.29, 0.717) is 15.8 Å². The summed E-state index contributed by atoms with van der Waals surface area (Å²) in [5.74, 6) is -0.522. The van der Waals surface area contributed by atoms with Gasteiger partial charge in [-0.15, -0.1) is 11.3 Å². The van der Waals surface area contributed by atoms with Crippen LogP contribution in [0.25, 0.3) is 0 Å². The number of carboxylic acids is 1. The van der Waals surface area contributed by atoms with Gasteiger partial charge in [0, 0.05) is 12.1 Å². The van der Waals surface area contributed by atoms with E-state index in [1.807, 2.05) is 4.90 Å². The van der Waals surface area contributed by atoms with E-state index in [1.165, 1.54) is 18.2 Å². The fraction of sp³-hybridized carbons (Fsp3) is 0.643. The number of piperidine rings is 1. The van der Waals surface area contributed by atoms with Crippen molar-refractivity contribution in [1.82, 2.24) is 9.88 Å². The van der Waals surface area contributed by atoms with Crippen LogP contribution in [0.1, 0.15) is 48.5 Å². The number of carbonyl (C=O) groups excluding carboxylic acids is 1. The summed E-state index contributed by atoms with van der Waals surface area (Å²) in [6.07, 6.45) is 3.29. The quantitative estimate of drug-likeness (QED) is 0.860. The van der Waals surface area contributed by atoms with Crippen molar-refractivity contribution in [2.45, 2.75) is 56.5 Å². The van der Waals surface area contributed by atoms with Crippen LogP contribution >= 0.6 is 23.1 Å². The zero-order chi connectivity index (χ0) is 15.6. The van der Waals surface area contributed by atoms with Gasteiger partial charge in [-0.1, -0.05) is 11.8 Å². The van der Waals surface area contributed by atoms with Crippen molar-refractivity contribution in [1.29, 1.82) is 0 Å². The molecule has 2 unspecified atom stereocenters. The normalized spacial score (nSPS) is 22.3.